The second-order valence-electron chi connectivity index (χ2n) is 32.6. The van der Waals surface area contributed by atoms with E-state index in [1.54, 1.807) is 195 Å². The summed E-state index contributed by atoms with van der Waals surface area (Å²) in [7, 11) is 1.83. The van der Waals surface area contributed by atoms with Gasteiger partial charge in [0.05, 0.1) is 63.7 Å². The van der Waals surface area contributed by atoms with Gasteiger partial charge in [0.2, 0.25) is 23.6 Å². The van der Waals surface area contributed by atoms with Crippen molar-refractivity contribution in [3.05, 3.63) is 395 Å². The maximum absolute atomic E-state index is 12.5. The number of aromatic nitrogens is 16. The van der Waals surface area contributed by atoms with Gasteiger partial charge in [-0.05, 0) is 306 Å². The van der Waals surface area contributed by atoms with E-state index in [2.05, 4.69) is 52.8 Å². The van der Waals surface area contributed by atoms with Crippen molar-refractivity contribution in [2.24, 2.45) is 24.8 Å². The number of likely N-dealkylation sites (tertiary alicyclic amines) is 1. The van der Waals surface area contributed by atoms with Crippen LogP contribution in [-0.2, 0) is 18.3 Å². The van der Waals surface area contributed by atoms with E-state index in [-0.39, 0.29) is 59.1 Å². The van der Waals surface area contributed by atoms with Crippen LogP contribution in [0.2, 0.25) is 10.2 Å². The Morgan fingerprint density at radius 1 is 0.371 bits per heavy atom. The maximum Gasteiger partial charge on any atom is 0.294 e. The van der Waals surface area contributed by atoms with E-state index >= 15 is 0 Å². The van der Waals surface area contributed by atoms with E-state index < -0.39 is 0 Å². The predicted octanol–water partition coefficient (Wildman–Crippen LogP) is 25.9. The molecule has 724 valence electrons. The minimum Gasteiger partial charge on any atom is -0.465 e. The summed E-state index contributed by atoms with van der Waals surface area (Å²) in [5.74, 6) is 1.23. The fraction of sp³-hybridized carbons (Fsp3) is 0.167. The zero-order valence-electron chi connectivity index (χ0n) is 77.6. The van der Waals surface area contributed by atoms with Crippen LogP contribution in [0, 0.1) is 17.8 Å². The normalized spacial score (nSPS) is 13.3. The molecule has 1 aliphatic heterocycles. The number of pyridine rings is 1. The molecule has 18 heterocycles. The van der Waals surface area contributed by atoms with Crippen LogP contribution in [0.3, 0.4) is 0 Å². The second kappa shape index (κ2) is 52.6. The highest BCUT2D eigenvalue weighted by Crippen LogP contribution is 2.31. The first-order valence-electron chi connectivity index (χ1n) is 45.7. The molecule has 17 aromatic heterocycles. The summed E-state index contributed by atoms with van der Waals surface area (Å²) in [6.45, 7) is 2.87. The van der Waals surface area contributed by atoms with Crippen molar-refractivity contribution in [3.63, 3.8) is 0 Å². The van der Waals surface area contributed by atoms with Crippen molar-refractivity contribution in [1.82, 2.24) is 82.9 Å². The van der Waals surface area contributed by atoms with Gasteiger partial charge in [0.15, 0.2) is 0 Å². The Kier molecular flexibility index (Phi) is 37.8. The SMILES string of the molecule is CC(=O)N1CCC(C(=O)n2ccc(/C=C/c3cccs3)n2)CC1.Cn1cccc1C(=O)n1ccc(/C=C/c2ccco2)n1.O=C(C1CCC1)n1ccc(/C=C/c2cccs2)n1.O=C(CC1CCCC1)n1ccc(/C=C/c2cccs2)n1.O=C(Cc1ccc(Cl)cc1)n1ccc(/C=C/c2cccs2)n1.O=C(c1ccc(Cl)nc1)n1ccc(/C=C/c2cccs2)n1.O=C(c1ccsc1)n1ccc(/C=C/c2cccs2)n1. The number of piperidine rings is 1. The lowest BCUT2D eigenvalue weighted by Crippen LogP contribution is -2.40. The van der Waals surface area contributed by atoms with Gasteiger partial charge in [-0.15, -0.1) is 68.0 Å². The molecule has 0 N–H and O–H groups in total. The highest BCUT2D eigenvalue weighted by Gasteiger charge is 2.29. The number of amides is 1. The highest BCUT2D eigenvalue weighted by atomic mass is 35.5. The Bertz CT molecular complexity index is 7310. The van der Waals surface area contributed by atoms with E-state index in [4.69, 9.17) is 27.6 Å². The quantitative estimate of drug-likeness (QED) is 0.0537. The predicted molar refractivity (Wildman–Crippen MR) is 577 cm³/mol. The van der Waals surface area contributed by atoms with Gasteiger partial charge < -0.3 is 13.9 Å². The van der Waals surface area contributed by atoms with Gasteiger partial charge in [-0.25, -0.2) is 37.8 Å². The first kappa shape index (κ1) is 103. The molecule has 3 aliphatic rings. The van der Waals surface area contributed by atoms with Crippen LogP contribution in [0.15, 0.2) is 291 Å². The van der Waals surface area contributed by atoms with Crippen LogP contribution in [0.5, 0.6) is 0 Å². The molecule has 35 heteroatoms. The molecule has 3 fully saturated rings. The van der Waals surface area contributed by atoms with Crippen molar-refractivity contribution in [3.8, 4) is 0 Å². The smallest absolute Gasteiger partial charge is 0.294 e. The number of carbonyl (C=O) groups is 8. The van der Waals surface area contributed by atoms with Gasteiger partial charge in [0.25, 0.3) is 23.6 Å². The highest BCUT2D eigenvalue weighted by molar-refractivity contribution is 7.12. The maximum atomic E-state index is 12.5. The summed E-state index contributed by atoms with van der Waals surface area (Å²) < 4.78 is 16.7. The molecule has 18 aromatic rings. The number of thiophene rings is 7. The van der Waals surface area contributed by atoms with Crippen LogP contribution in [0.1, 0.15) is 202 Å². The Morgan fingerprint density at radius 3 is 1.14 bits per heavy atom. The van der Waals surface area contributed by atoms with E-state index in [1.807, 2.05) is 251 Å². The molecule has 1 aromatic carbocycles. The number of nitrogens with zero attached hydrogens (tertiary/aromatic N) is 17. The van der Waals surface area contributed by atoms with Crippen molar-refractivity contribution in [1.29, 1.82) is 0 Å². The van der Waals surface area contributed by atoms with Crippen molar-refractivity contribution in [2.75, 3.05) is 13.1 Å². The van der Waals surface area contributed by atoms with Crippen LogP contribution >= 0.6 is 103 Å². The molecule has 0 bridgehead atoms. The van der Waals surface area contributed by atoms with E-state index in [0.717, 1.165) is 73.0 Å². The summed E-state index contributed by atoms with van der Waals surface area (Å²) in [6.07, 6.45) is 54.3. The Labute approximate surface area is 863 Å². The Balaban J connectivity index is 0.000000126. The number of rotatable bonds is 23. The first-order chi connectivity index (χ1) is 69.8. The van der Waals surface area contributed by atoms with Gasteiger partial charge in [-0.1, -0.05) is 91.0 Å². The monoisotopic (exact) mass is 2070 g/mol. The number of carbonyl (C=O) groups excluding carboxylic acids is 8. The van der Waals surface area contributed by atoms with Crippen LogP contribution in [0.25, 0.3) is 85.1 Å². The van der Waals surface area contributed by atoms with Gasteiger partial charge in [-0.2, -0.15) is 47.0 Å². The third-order valence-electron chi connectivity index (χ3n) is 22.4. The molecule has 2 aliphatic carbocycles. The molecule has 0 radical (unpaired) electrons. The molecule has 0 atom stereocenters. The van der Waals surface area contributed by atoms with Gasteiger partial charge in [0, 0.05) is 141 Å². The third kappa shape index (κ3) is 31.4. The van der Waals surface area contributed by atoms with Gasteiger partial charge >= 0.3 is 0 Å². The van der Waals surface area contributed by atoms with Gasteiger partial charge in [0.1, 0.15) is 16.6 Å². The lowest BCUT2D eigenvalue weighted by Gasteiger charge is -2.30. The number of halogens is 2. The summed E-state index contributed by atoms with van der Waals surface area (Å²) in [5, 5.41) is 46.9. The summed E-state index contributed by atoms with van der Waals surface area (Å²) in [4.78, 5) is 109. The van der Waals surface area contributed by atoms with Crippen LogP contribution < -0.4 is 0 Å². The van der Waals surface area contributed by atoms with Gasteiger partial charge in [-0.3, -0.25) is 38.4 Å². The molecular formula is C108H97Cl2N17O9S7. The molecular weight excluding hydrogens is 1970 g/mol. The zero-order valence-corrected chi connectivity index (χ0v) is 84.8. The third-order valence-corrected chi connectivity index (χ3v) is 28.6. The molecule has 0 unspecified atom stereocenters. The number of hydrogen-bond donors (Lipinski definition) is 0. The molecule has 2 saturated carbocycles. The molecule has 26 nitrogen and oxygen atoms in total. The van der Waals surface area contributed by atoms with Crippen molar-refractivity contribution < 1.29 is 42.8 Å². The van der Waals surface area contributed by atoms with E-state index in [1.165, 1.54) is 97.0 Å². The first-order valence-corrected chi connectivity index (χ1v) is 52.7. The Hall–Kier alpha value is -14.8. The zero-order chi connectivity index (χ0) is 99.4. The standard InChI is InChI=1S/C17H13ClN2OS.C17H19N3O2S.C16H18N2OS.C15H10ClN3OS.C15H13N3O2.C14H10N2OS2.C14H14N2OS/c18-14-5-3-13(4-6-14)12-17(21)20-10-9-15(19-20)7-8-16-2-1-11-22-16;1-13(21)19-9-6-14(7-10-19)17(22)20-11-8-15(18-20)4-5-16-3-2-12-23-16;19-16(12-13-4-1-2-5-13)18-10-9-14(17-18)7-8-15-6-3-11-20-15;16-14-6-3-11(10-17-14)15(20)19-8-7-12(18-19)4-5-13-2-1-9-21-13;1-17-9-2-5-14(17)15(19)18-10-8-12(16-18)6-7-13-4-3-11-20-13;17-14(11-6-9-18-10-11)16-7-5-12(15-16)3-4-13-2-1-8-19-13;17-14(11-3-1-4-11)16-9-8-12(15-16)6-7-13-5-2-10-18-13/h1-11H,12H2;2-5,8,11-12,14H,6-7,9-10H2,1H3;3,6-11,13H,1-2,4-5,12H2;1-10H;2-11H,1H3;1-10H;2,5-11H,1,3-4H2/b8-7+;5-4+;8-7+;5-4+;7-6+;4-3+;7-6+. The molecule has 21 rings (SSSR count). The summed E-state index contributed by atoms with van der Waals surface area (Å²) in [5.41, 5.74) is 8.01. The number of aryl methyl sites for hydroxylation is 1. The minimum atomic E-state index is -0.241. The molecule has 1 saturated heterocycles. The lowest BCUT2D eigenvalue weighted by molar-refractivity contribution is -0.130. The largest absolute Gasteiger partial charge is 0.465 e. The average molecular weight is 2070 g/mol. The number of furan rings is 1. The molecule has 0 spiro atoms. The molecule has 1 amide bonds. The van der Waals surface area contributed by atoms with Crippen LogP contribution in [0.4, 0.5) is 0 Å². The fourth-order valence-corrected chi connectivity index (χ4v) is 19.1. The lowest BCUT2D eigenvalue weighted by atomic mass is 9.85. The van der Waals surface area contributed by atoms with Crippen molar-refractivity contribution >= 4 is 235 Å². The second-order valence-corrected chi connectivity index (χ2v) is 40.0. The van der Waals surface area contributed by atoms with E-state index in [0.29, 0.717) is 77.4 Å². The summed E-state index contributed by atoms with van der Waals surface area (Å²) in [6, 6.07) is 56.6. The number of hydrogen-bond acceptors (Lipinski definition) is 24. The summed E-state index contributed by atoms with van der Waals surface area (Å²) >= 11 is 23.0. The van der Waals surface area contributed by atoms with Crippen molar-refractivity contribution in [2.45, 2.75) is 77.6 Å². The minimum absolute atomic E-state index is 0.0176. The average Bonchev–Trinajstić information content (AvgIpc) is 1.66. The topological polar surface area (TPSA) is 295 Å². The fourth-order valence-electron chi connectivity index (χ4n) is 14.6. The van der Waals surface area contributed by atoms with Crippen LogP contribution in [-0.4, -0.2) is 143 Å². The van der Waals surface area contributed by atoms with E-state index in [9.17, 15) is 38.4 Å². The number of benzene rings is 1. The Morgan fingerprint density at radius 2 is 0.769 bits per heavy atom. The molecule has 143 heavy (non-hydrogen) atoms.